The number of fused-ring (bicyclic) bond motifs is 1. The van der Waals surface area contributed by atoms with Crippen LogP contribution in [0, 0.1) is 17.8 Å². The van der Waals surface area contributed by atoms with Crippen LogP contribution in [0.15, 0.2) is 24.3 Å². The highest BCUT2D eigenvalue weighted by atomic mass is 16.7. The van der Waals surface area contributed by atoms with Crippen LogP contribution in [0.3, 0.4) is 0 Å². The molecule has 0 saturated heterocycles. The summed E-state index contributed by atoms with van der Waals surface area (Å²) in [4.78, 5) is 12.6. The SMILES string of the molecule is CCC(=O)Oc1c(OC(OC)C(C)C)c(OC(OC)C(C)C)cc2cccc(OC(OC)C(C)C)c12. The Morgan fingerprint density at radius 3 is 1.69 bits per heavy atom. The molecule has 0 aromatic heterocycles. The predicted octanol–water partition coefficient (Wildman–Crippen LogP) is 6.18. The monoisotopic (exact) mass is 506 g/mol. The fraction of sp³-hybridized carbons (Fsp3) is 0.607. The molecule has 0 aliphatic rings. The quantitative estimate of drug-likeness (QED) is 0.171. The van der Waals surface area contributed by atoms with Crippen LogP contribution in [-0.4, -0.2) is 46.2 Å². The van der Waals surface area contributed by atoms with Gasteiger partial charge in [-0.1, -0.05) is 60.6 Å². The molecule has 0 bridgehead atoms. The Balaban J connectivity index is 2.88. The summed E-state index contributed by atoms with van der Waals surface area (Å²) in [6, 6.07) is 7.40. The number of carbonyl (C=O) groups excluding carboxylic acids is 1. The van der Waals surface area contributed by atoms with Crippen molar-refractivity contribution in [2.24, 2.45) is 17.8 Å². The molecule has 0 saturated carbocycles. The van der Waals surface area contributed by atoms with Crippen molar-refractivity contribution in [1.29, 1.82) is 0 Å². The molecule has 2 aromatic rings. The summed E-state index contributed by atoms with van der Waals surface area (Å²) >= 11 is 0. The first kappa shape index (κ1) is 29.7. The van der Waals surface area contributed by atoms with Crippen LogP contribution in [0.4, 0.5) is 0 Å². The molecule has 0 fully saturated rings. The van der Waals surface area contributed by atoms with Gasteiger partial charge in [-0.2, -0.15) is 0 Å². The molecule has 2 aromatic carbocycles. The van der Waals surface area contributed by atoms with Crippen molar-refractivity contribution in [2.45, 2.75) is 73.8 Å². The summed E-state index contributed by atoms with van der Waals surface area (Å²) in [5.41, 5.74) is 0. The van der Waals surface area contributed by atoms with E-state index in [1.54, 1.807) is 28.3 Å². The van der Waals surface area contributed by atoms with E-state index < -0.39 is 24.8 Å². The summed E-state index contributed by atoms with van der Waals surface area (Å²) in [6.45, 7) is 13.7. The number of ether oxygens (including phenoxy) is 7. The van der Waals surface area contributed by atoms with Gasteiger partial charge in [-0.3, -0.25) is 4.79 Å². The molecule has 0 aliphatic carbocycles. The maximum Gasteiger partial charge on any atom is 0.311 e. The van der Waals surface area contributed by atoms with E-state index in [1.807, 2.05) is 65.8 Å². The largest absolute Gasteiger partial charge is 0.464 e. The molecular formula is C28H42O8. The highest BCUT2D eigenvalue weighted by Gasteiger charge is 2.29. The van der Waals surface area contributed by atoms with Gasteiger partial charge in [-0.15, -0.1) is 0 Å². The molecule has 8 nitrogen and oxygen atoms in total. The first-order valence-electron chi connectivity index (χ1n) is 12.5. The van der Waals surface area contributed by atoms with E-state index >= 15 is 0 Å². The van der Waals surface area contributed by atoms with Crippen LogP contribution in [0.2, 0.25) is 0 Å². The van der Waals surface area contributed by atoms with Crippen LogP contribution in [0.5, 0.6) is 23.0 Å². The molecular weight excluding hydrogens is 464 g/mol. The zero-order chi connectivity index (χ0) is 27.0. The van der Waals surface area contributed by atoms with E-state index in [9.17, 15) is 4.79 Å². The van der Waals surface area contributed by atoms with Gasteiger partial charge in [0, 0.05) is 45.5 Å². The van der Waals surface area contributed by atoms with Crippen LogP contribution in [0.1, 0.15) is 54.9 Å². The Bertz CT molecular complexity index is 985. The van der Waals surface area contributed by atoms with Gasteiger partial charge in [0.15, 0.2) is 11.5 Å². The average molecular weight is 507 g/mol. The zero-order valence-electron chi connectivity index (χ0n) is 23.2. The lowest BCUT2D eigenvalue weighted by Gasteiger charge is -2.28. The van der Waals surface area contributed by atoms with E-state index in [0.717, 1.165) is 5.39 Å². The van der Waals surface area contributed by atoms with Gasteiger partial charge in [0.1, 0.15) is 5.75 Å². The number of carbonyl (C=O) groups is 1. The van der Waals surface area contributed by atoms with E-state index in [-0.39, 0.29) is 35.7 Å². The molecule has 8 heteroatoms. The smallest absolute Gasteiger partial charge is 0.311 e. The van der Waals surface area contributed by atoms with Gasteiger partial charge in [0.05, 0.1) is 5.39 Å². The molecule has 36 heavy (non-hydrogen) atoms. The lowest BCUT2D eigenvalue weighted by atomic mass is 10.1. The Morgan fingerprint density at radius 2 is 1.22 bits per heavy atom. The van der Waals surface area contributed by atoms with E-state index in [0.29, 0.717) is 16.9 Å². The maximum atomic E-state index is 12.6. The third kappa shape index (κ3) is 7.24. The van der Waals surface area contributed by atoms with E-state index in [4.69, 9.17) is 33.2 Å². The summed E-state index contributed by atoms with van der Waals surface area (Å²) in [5, 5.41) is 1.31. The van der Waals surface area contributed by atoms with Gasteiger partial charge >= 0.3 is 5.97 Å². The van der Waals surface area contributed by atoms with Crippen LogP contribution in [-0.2, 0) is 19.0 Å². The van der Waals surface area contributed by atoms with E-state index in [2.05, 4.69) is 0 Å². The first-order valence-corrected chi connectivity index (χ1v) is 12.5. The Kier molecular flexibility index (Phi) is 11.3. The average Bonchev–Trinajstić information content (AvgIpc) is 2.84. The van der Waals surface area contributed by atoms with Gasteiger partial charge in [0.2, 0.25) is 24.6 Å². The van der Waals surface area contributed by atoms with Gasteiger partial charge < -0.3 is 33.2 Å². The fourth-order valence-electron chi connectivity index (χ4n) is 3.66. The van der Waals surface area contributed by atoms with Crippen molar-refractivity contribution >= 4 is 16.7 Å². The van der Waals surface area contributed by atoms with Crippen molar-refractivity contribution in [3.8, 4) is 23.0 Å². The summed E-state index contributed by atoms with van der Waals surface area (Å²) < 4.78 is 41.4. The second-order valence-electron chi connectivity index (χ2n) is 9.61. The Hall–Kier alpha value is -2.55. The minimum Gasteiger partial charge on any atom is -0.464 e. The first-order chi connectivity index (χ1) is 17.1. The van der Waals surface area contributed by atoms with Crippen LogP contribution < -0.4 is 18.9 Å². The topological polar surface area (TPSA) is 81.7 Å². The predicted molar refractivity (Wildman–Crippen MR) is 139 cm³/mol. The number of benzene rings is 2. The molecule has 2 rings (SSSR count). The highest BCUT2D eigenvalue weighted by molar-refractivity contribution is 5.99. The van der Waals surface area contributed by atoms with E-state index in [1.165, 1.54) is 0 Å². The zero-order valence-corrected chi connectivity index (χ0v) is 23.2. The normalized spacial score (nSPS) is 14.2. The summed E-state index contributed by atoms with van der Waals surface area (Å²) in [5.74, 6) is 1.01. The molecule has 0 heterocycles. The standard InChI is InChI=1S/C28H42O8/c1-11-22(29)35-25-23-19(13-12-14-20(23)33-26(30-8)16(2)3)15-21(34-27(31-9)17(4)5)24(25)36-28(32-10)18(6)7/h12-18,26-28H,11H2,1-10H3. The fourth-order valence-corrected chi connectivity index (χ4v) is 3.66. The minimum atomic E-state index is -0.626. The van der Waals surface area contributed by atoms with Crippen molar-refractivity contribution in [1.82, 2.24) is 0 Å². The number of methoxy groups -OCH3 is 3. The Labute approximate surface area is 215 Å². The van der Waals surface area contributed by atoms with Crippen LogP contribution in [0.25, 0.3) is 10.8 Å². The third-order valence-electron chi connectivity index (χ3n) is 5.56. The van der Waals surface area contributed by atoms with Crippen molar-refractivity contribution in [3.05, 3.63) is 24.3 Å². The number of hydrogen-bond acceptors (Lipinski definition) is 8. The number of esters is 1. The molecule has 0 radical (unpaired) electrons. The molecule has 0 spiro atoms. The molecule has 3 unspecified atom stereocenters. The maximum absolute atomic E-state index is 12.6. The lowest BCUT2D eigenvalue weighted by Crippen LogP contribution is -2.28. The molecule has 0 amide bonds. The third-order valence-corrected chi connectivity index (χ3v) is 5.56. The van der Waals surface area contributed by atoms with Crippen molar-refractivity contribution in [3.63, 3.8) is 0 Å². The molecule has 0 N–H and O–H groups in total. The minimum absolute atomic E-state index is 0.00176. The number of rotatable bonds is 14. The Morgan fingerprint density at radius 1 is 0.722 bits per heavy atom. The summed E-state index contributed by atoms with van der Waals surface area (Å²) in [6.07, 6.45) is -1.52. The van der Waals surface area contributed by atoms with Gasteiger partial charge in [-0.25, -0.2) is 0 Å². The second kappa shape index (κ2) is 13.7. The van der Waals surface area contributed by atoms with Gasteiger partial charge in [-0.05, 0) is 17.5 Å². The van der Waals surface area contributed by atoms with Crippen molar-refractivity contribution in [2.75, 3.05) is 21.3 Å². The molecule has 3 atom stereocenters. The lowest BCUT2D eigenvalue weighted by molar-refractivity contribution is -0.134. The van der Waals surface area contributed by atoms with Gasteiger partial charge in [0.25, 0.3) is 0 Å². The van der Waals surface area contributed by atoms with Crippen molar-refractivity contribution < 1.29 is 38.0 Å². The molecule has 202 valence electrons. The number of hydrogen-bond donors (Lipinski definition) is 0. The highest BCUT2D eigenvalue weighted by Crippen LogP contribution is 2.49. The second-order valence-corrected chi connectivity index (χ2v) is 9.61. The van der Waals surface area contributed by atoms with Crippen LogP contribution >= 0.6 is 0 Å². The molecule has 0 aliphatic heterocycles. The summed E-state index contributed by atoms with van der Waals surface area (Å²) in [7, 11) is 4.74.